The maximum Gasteiger partial charge on any atom is 0.261 e. The van der Waals surface area contributed by atoms with Crippen molar-refractivity contribution in [2.24, 2.45) is 7.05 Å². The third-order valence-corrected chi connectivity index (χ3v) is 5.37. The molecule has 0 saturated heterocycles. The zero-order valence-corrected chi connectivity index (χ0v) is 18.2. The molecule has 0 unspecified atom stereocenters. The number of benzene rings is 1. The third-order valence-electron chi connectivity index (χ3n) is 5.37. The molecule has 164 valence electrons. The summed E-state index contributed by atoms with van der Waals surface area (Å²) in [5.74, 6) is 0.693. The SMILES string of the molecule is Cn1cnc2ccc(OCCCN(CCc3cccnc3)Cc3ccncc3)cc2c1=O. The molecule has 0 saturated carbocycles. The van der Waals surface area contributed by atoms with E-state index in [9.17, 15) is 4.79 Å². The molecule has 7 heteroatoms. The van der Waals surface area contributed by atoms with Crippen LogP contribution >= 0.6 is 0 Å². The van der Waals surface area contributed by atoms with Gasteiger partial charge in [0, 0.05) is 51.5 Å². The Hall–Kier alpha value is -3.58. The van der Waals surface area contributed by atoms with Crippen molar-refractivity contribution < 1.29 is 4.74 Å². The predicted molar refractivity (Wildman–Crippen MR) is 125 cm³/mol. The van der Waals surface area contributed by atoms with Gasteiger partial charge in [0.15, 0.2) is 0 Å². The number of nitrogens with zero attached hydrogens (tertiary/aromatic N) is 5. The first-order valence-corrected chi connectivity index (χ1v) is 10.8. The number of rotatable bonds is 10. The van der Waals surface area contributed by atoms with E-state index in [1.807, 2.05) is 36.8 Å². The van der Waals surface area contributed by atoms with Gasteiger partial charge in [-0.2, -0.15) is 0 Å². The van der Waals surface area contributed by atoms with E-state index in [1.165, 1.54) is 22.0 Å². The quantitative estimate of drug-likeness (QED) is 0.361. The summed E-state index contributed by atoms with van der Waals surface area (Å²) in [5, 5.41) is 0.572. The Bertz CT molecular complexity index is 1200. The van der Waals surface area contributed by atoms with E-state index in [0.29, 0.717) is 23.3 Å². The van der Waals surface area contributed by atoms with Crippen molar-refractivity contribution in [3.63, 3.8) is 0 Å². The van der Waals surface area contributed by atoms with Gasteiger partial charge in [-0.1, -0.05) is 6.07 Å². The maximum absolute atomic E-state index is 12.3. The molecule has 0 fully saturated rings. The lowest BCUT2D eigenvalue weighted by atomic mass is 10.2. The van der Waals surface area contributed by atoms with E-state index in [-0.39, 0.29) is 5.56 Å². The van der Waals surface area contributed by atoms with Crippen LogP contribution in [0.1, 0.15) is 17.5 Å². The van der Waals surface area contributed by atoms with E-state index >= 15 is 0 Å². The van der Waals surface area contributed by atoms with E-state index < -0.39 is 0 Å². The summed E-state index contributed by atoms with van der Waals surface area (Å²) in [6, 6.07) is 13.7. The van der Waals surface area contributed by atoms with E-state index in [0.717, 1.165) is 32.5 Å². The maximum atomic E-state index is 12.3. The Kier molecular flexibility index (Phi) is 7.19. The van der Waals surface area contributed by atoms with Crippen LogP contribution in [-0.2, 0) is 20.0 Å². The molecule has 3 aromatic heterocycles. The normalized spacial score (nSPS) is 11.2. The molecule has 4 rings (SSSR count). The molecule has 0 atom stereocenters. The molecule has 0 aliphatic carbocycles. The van der Waals surface area contributed by atoms with Crippen LogP contribution in [0.4, 0.5) is 0 Å². The van der Waals surface area contributed by atoms with Crippen molar-refractivity contribution in [3.05, 3.63) is 95.1 Å². The minimum atomic E-state index is -0.0700. The number of aromatic nitrogens is 4. The van der Waals surface area contributed by atoms with Crippen LogP contribution in [0.3, 0.4) is 0 Å². The molecule has 1 aromatic carbocycles. The fourth-order valence-corrected chi connectivity index (χ4v) is 3.61. The number of pyridine rings is 2. The van der Waals surface area contributed by atoms with Gasteiger partial charge in [-0.3, -0.25) is 19.7 Å². The first-order valence-electron chi connectivity index (χ1n) is 10.8. The molecule has 0 spiro atoms. The summed E-state index contributed by atoms with van der Waals surface area (Å²) in [6.45, 7) is 3.28. The van der Waals surface area contributed by atoms with Crippen molar-refractivity contribution in [3.8, 4) is 5.75 Å². The second kappa shape index (κ2) is 10.6. The highest BCUT2D eigenvalue weighted by molar-refractivity contribution is 5.78. The Morgan fingerprint density at radius 3 is 2.69 bits per heavy atom. The molecule has 4 aromatic rings. The molecule has 32 heavy (non-hydrogen) atoms. The van der Waals surface area contributed by atoms with Gasteiger partial charge in [-0.25, -0.2) is 4.98 Å². The smallest absolute Gasteiger partial charge is 0.261 e. The highest BCUT2D eigenvalue weighted by Gasteiger charge is 2.08. The Balaban J connectivity index is 1.34. The minimum absolute atomic E-state index is 0.0700. The average Bonchev–Trinajstić information content (AvgIpc) is 2.84. The molecule has 0 aliphatic heterocycles. The summed E-state index contributed by atoms with van der Waals surface area (Å²) in [4.78, 5) is 27.3. The van der Waals surface area contributed by atoms with Gasteiger partial charge < -0.3 is 9.30 Å². The number of hydrogen-bond acceptors (Lipinski definition) is 6. The number of hydrogen-bond donors (Lipinski definition) is 0. The van der Waals surface area contributed by atoms with Gasteiger partial charge in [-0.05, 0) is 60.4 Å². The van der Waals surface area contributed by atoms with Crippen LogP contribution in [0, 0.1) is 0 Å². The lowest BCUT2D eigenvalue weighted by molar-refractivity contribution is 0.230. The Morgan fingerprint density at radius 1 is 1.00 bits per heavy atom. The second-order valence-corrected chi connectivity index (χ2v) is 7.78. The van der Waals surface area contributed by atoms with E-state index in [1.54, 1.807) is 19.3 Å². The highest BCUT2D eigenvalue weighted by Crippen LogP contribution is 2.17. The van der Waals surface area contributed by atoms with Crippen molar-refractivity contribution >= 4 is 10.9 Å². The summed E-state index contributed by atoms with van der Waals surface area (Å²) < 4.78 is 7.43. The van der Waals surface area contributed by atoms with E-state index in [2.05, 4.69) is 38.1 Å². The standard InChI is InChI=1S/C25H27N5O2/c1-29-19-28-24-6-5-22(16-23(24)25(29)31)32-15-3-13-30(18-21-7-11-26-12-8-21)14-9-20-4-2-10-27-17-20/h2,4-8,10-12,16-17,19H,3,9,13-15,18H2,1H3. The largest absolute Gasteiger partial charge is 0.494 e. The van der Waals surface area contributed by atoms with Crippen LogP contribution < -0.4 is 10.3 Å². The van der Waals surface area contributed by atoms with Gasteiger partial charge in [0.2, 0.25) is 0 Å². The monoisotopic (exact) mass is 429 g/mol. The zero-order chi connectivity index (χ0) is 22.2. The molecular formula is C25H27N5O2. The van der Waals surface area contributed by atoms with Crippen molar-refractivity contribution in [2.45, 2.75) is 19.4 Å². The molecule has 0 bridgehead atoms. The molecule has 0 radical (unpaired) electrons. The average molecular weight is 430 g/mol. The fourth-order valence-electron chi connectivity index (χ4n) is 3.61. The van der Waals surface area contributed by atoms with Crippen LogP contribution in [0.25, 0.3) is 10.9 Å². The van der Waals surface area contributed by atoms with Crippen molar-refractivity contribution in [2.75, 3.05) is 19.7 Å². The molecular weight excluding hydrogens is 402 g/mol. The van der Waals surface area contributed by atoms with Gasteiger partial charge >= 0.3 is 0 Å². The second-order valence-electron chi connectivity index (χ2n) is 7.78. The minimum Gasteiger partial charge on any atom is -0.494 e. The summed E-state index contributed by atoms with van der Waals surface area (Å²) >= 11 is 0. The summed E-state index contributed by atoms with van der Waals surface area (Å²) in [7, 11) is 1.70. The van der Waals surface area contributed by atoms with Gasteiger partial charge in [0.1, 0.15) is 5.75 Å². The molecule has 7 nitrogen and oxygen atoms in total. The molecule has 0 N–H and O–H groups in total. The molecule has 3 heterocycles. The topological polar surface area (TPSA) is 73.1 Å². The zero-order valence-electron chi connectivity index (χ0n) is 18.2. The van der Waals surface area contributed by atoms with E-state index in [4.69, 9.17) is 4.74 Å². The van der Waals surface area contributed by atoms with Gasteiger partial charge in [-0.15, -0.1) is 0 Å². The number of aryl methyl sites for hydroxylation is 1. The fraction of sp³-hybridized carbons (Fsp3) is 0.280. The molecule has 0 aliphatic rings. The summed E-state index contributed by atoms with van der Waals surface area (Å²) in [5.41, 5.74) is 3.08. The number of fused-ring (bicyclic) bond motifs is 1. The van der Waals surface area contributed by atoms with Crippen molar-refractivity contribution in [1.82, 2.24) is 24.4 Å². The predicted octanol–water partition coefficient (Wildman–Crippen LogP) is 3.24. The summed E-state index contributed by atoms with van der Waals surface area (Å²) in [6.07, 6.45) is 10.7. The van der Waals surface area contributed by atoms with Gasteiger partial charge in [0.05, 0.1) is 23.8 Å². The van der Waals surface area contributed by atoms with Gasteiger partial charge in [0.25, 0.3) is 5.56 Å². The Morgan fingerprint density at radius 2 is 1.88 bits per heavy atom. The third kappa shape index (κ3) is 5.76. The lowest BCUT2D eigenvalue weighted by Gasteiger charge is -2.22. The van der Waals surface area contributed by atoms with Crippen LogP contribution in [0.5, 0.6) is 5.75 Å². The van der Waals surface area contributed by atoms with Crippen molar-refractivity contribution in [1.29, 1.82) is 0 Å². The first-order chi connectivity index (χ1) is 15.7. The molecule has 0 amide bonds. The van der Waals surface area contributed by atoms with Crippen LogP contribution in [-0.4, -0.2) is 44.1 Å². The Labute approximate surface area is 187 Å². The lowest BCUT2D eigenvalue weighted by Crippen LogP contribution is -2.28. The van der Waals surface area contributed by atoms with Crippen LogP contribution in [0.15, 0.2) is 78.4 Å². The first kappa shape index (κ1) is 21.6. The number of ether oxygens (including phenoxy) is 1. The highest BCUT2D eigenvalue weighted by atomic mass is 16.5. The van der Waals surface area contributed by atoms with Crippen LogP contribution in [0.2, 0.25) is 0 Å².